The predicted molar refractivity (Wildman–Crippen MR) is 79.8 cm³/mol. The molecule has 5 nitrogen and oxygen atoms in total. The van der Waals surface area contributed by atoms with Gasteiger partial charge in [-0.2, -0.15) is 0 Å². The average Bonchev–Trinajstić information content (AvgIpc) is 2.81. The molecule has 0 bridgehead atoms. The Kier molecular flexibility index (Phi) is 2.66. The second kappa shape index (κ2) is 4.47. The zero-order valence-electron chi connectivity index (χ0n) is 12.3. The summed E-state index contributed by atoms with van der Waals surface area (Å²) < 4.78 is 16.5. The molecule has 0 saturated heterocycles. The topological polar surface area (TPSA) is 65.7 Å². The molecular weight excluding hydrogens is 284 g/mol. The summed E-state index contributed by atoms with van der Waals surface area (Å²) in [7, 11) is 0. The molecule has 3 heterocycles. The smallest absolute Gasteiger partial charge is 0.339 e. The average molecular weight is 298 g/mol. The van der Waals surface area contributed by atoms with Crippen molar-refractivity contribution >= 4 is 22.5 Å². The number of benzene rings is 1. The number of rotatable bonds is 1. The van der Waals surface area contributed by atoms with Crippen LogP contribution in [0.4, 0.5) is 0 Å². The maximum atomic E-state index is 12.1. The monoisotopic (exact) mass is 298 g/mol. The van der Waals surface area contributed by atoms with Crippen LogP contribution in [0.25, 0.3) is 16.5 Å². The van der Waals surface area contributed by atoms with Crippen molar-refractivity contribution in [1.29, 1.82) is 0 Å². The highest BCUT2D eigenvalue weighted by Crippen LogP contribution is 2.43. The van der Waals surface area contributed by atoms with E-state index in [0.717, 1.165) is 11.0 Å². The first-order valence-corrected chi connectivity index (χ1v) is 7.24. The number of fused-ring (bicyclic) bond motifs is 5. The van der Waals surface area contributed by atoms with Gasteiger partial charge in [0.05, 0.1) is 5.56 Å². The maximum Gasteiger partial charge on any atom is 0.339 e. The van der Waals surface area contributed by atoms with Crippen molar-refractivity contribution in [3.8, 4) is 5.75 Å². The molecule has 0 aliphatic carbocycles. The van der Waals surface area contributed by atoms with Crippen LogP contribution < -0.4 is 10.4 Å². The van der Waals surface area contributed by atoms with E-state index in [2.05, 4.69) is 0 Å². The molecule has 0 amide bonds. The van der Waals surface area contributed by atoms with E-state index in [1.807, 2.05) is 25.1 Å². The van der Waals surface area contributed by atoms with E-state index in [4.69, 9.17) is 13.9 Å². The molecule has 1 aromatic heterocycles. The molecular formula is C17H14O5. The van der Waals surface area contributed by atoms with Crippen LogP contribution in [0, 0.1) is 0 Å². The quantitative estimate of drug-likeness (QED) is 0.597. The van der Waals surface area contributed by atoms with Gasteiger partial charge in [-0.05, 0) is 31.5 Å². The van der Waals surface area contributed by atoms with Gasteiger partial charge in [0.15, 0.2) is 6.10 Å². The Balaban J connectivity index is 2.09. The summed E-state index contributed by atoms with van der Waals surface area (Å²) in [5.74, 6) is 0.268. The van der Waals surface area contributed by atoms with Crippen molar-refractivity contribution in [1.82, 2.24) is 0 Å². The van der Waals surface area contributed by atoms with Crippen LogP contribution in [0.15, 0.2) is 33.0 Å². The normalized spacial score (nSPS) is 19.7. The molecule has 0 fully saturated rings. The molecule has 112 valence electrons. The van der Waals surface area contributed by atoms with E-state index in [1.165, 1.54) is 0 Å². The molecule has 22 heavy (non-hydrogen) atoms. The number of esters is 1. The lowest BCUT2D eigenvalue weighted by molar-refractivity contribution is -0.140. The number of carbonyl (C=O) groups excluding carboxylic acids is 1. The summed E-state index contributed by atoms with van der Waals surface area (Å²) in [6, 6.07) is 5.54. The minimum absolute atomic E-state index is 0.286. The van der Waals surface area contributed by atoms with Gasteiger partial charge in [-0.1, -0.05) is 6.92 Å². The van der Waals surface area contributed by atoms with Gasteiger partial charge in [0.2, 0.25) is 0 Å². The fraction of sp³-hybridized carbons (Fsp3) is 0.294. The summed E-state index contributed by atoms with van der Waals surface area (Å²) in [6.07, 6.45) is 0.180. The second-order valence-electron chi connectivity index (χ2n) is 5.51. The van der Waals surface area contributed by atoms with Crippen molar-refractivity contribution in [2.45, 2.75) is 26.4 Å². The molecule has 1 atom stereocenters. The lowest BCUT2D eigenvalue weighted by Crippen LogP contribution is -2.25. The van der Waals surface area contributed by atoms with Gasteiger partial charge in [0.1, 0.15) is 17.9 Å². The minimum atomic E-state index is -0.429. The van der Waals surface area contributed by atoms with Gasteiger partial charge in [-0.3, -0.25) is 0 Å². The first kappa shape index (κ1) is 13.1. The van der Waals surface area contributed by atoms with Crippen LogP contribution >= 0.6 is 0 Å². The van der Waals surface area contributed by atoms with Crippen molar-refractivity contribution in [3.05, 3.63) is 45.3 Å². The third kappa shape index (κ3) is 1.65. The van der Waals surface area contributed by atoms with Crippen LogP contribution in [-0.4, -0.2) is 18.7 Å². The summed E-state index contributed by atoms with van der Waals surface area (Å²) in [5.41, 5.74) is 2.71. The van der Waals surface area contributed by atoms with E-state index in [-0.39, 0.29) is 18.2 Å². The highest BCUT2D eigenvalue weighted by atomic mass is 16.6. The number of hydrogen-bond acceptors (Lipinski definition) is 5. The van der Waals surface area contributed by atoms with Gasteiger partial charge in [-0.15, -0.1) is 0 Å². The Hall–Kier alpha value is -2.56. The zero-order valence-corrected chi connectivity index (χ0v) is 12.3. The van der Waals surface area contributed by atoms with E-state index >= 15 is 0 Å². The van der Waals surface area contributed by atoms with Gasteiger partial charge >= 0.3 is 11.6 Å². The Labute approximate surface area is 126 Å². The highest BCUT2D eigenvalue weighted by molar-refractivity contribution is 6.07. The zero-order chi connectivity index (χ0) is 15.4. The van der Waals surface area contributed by atoms with Gasteiger partial charge in [0.25, 0.3) is 0 Å². The van der Waals surface area contributed by atoms with Crippen molar-refractivity contribution in [2.24, 2.45) is 0 Å². The van der Waals surface area contributed by atoms with Crippen LogP contribution in [0.2, 0.25) is 0 Å². The molecule has 2 aliphatic rings. The first-order valence-electron chi connectivity index (χ1n) is 7.24. The molecule has 4 rings (SSSR count). The van der Waals surface area contributed by atoms with E-state index < -0.39 is 6.10 Å². The van der Waals surface area contributed by atoms with Crippen LogP contribution in [0.3, 0.4) is 0 Å². The van der Waals surface area contributed by atoms with Crippen LogP contribution in [-0.2, 0) is 16.0 Å². The molecule has 0 spiro atoms. The molecule has 0 saturated carbocycles. The van der Waals surface area contributed by atoms with Crippen LogP contribution in [0.5, 0.6) is 5.75 Å². The van der Waals surface area contributed by atoms with Crippen molar-refractivity contribution < 1.29 is 18.7 Å². The first-order chi connectivity index (χ1) is 10.6. The third-order valence-electron chi connectivity index (χ3n) is 4.26. The van der Waals surface area contributed by atoms with Crippen molar-refractivity contribution in [2.75, 3.05) is 6.61 Å². The highest BCUT2D eigenvalue weighted by Gasteiger charge is 2.39. The molecule has 1 aromatic carbocycles. The van der Waals surface area contributed by atoms with Gasteiger partial charge in [0, 0.05) is 22.1 Å². The summed E-state index contributed by atoms with van der Waals surface area (Å²) in [5, 5.41) is 0.819. The molecule has 0 N–H and O–H groups in total. The van der Waals surface area contributed by atoms with Crippen molar-refractivity contribution in [3.63, 3.8) is 0 Å². The molecule has 2 aliphatic heterocycles. The second-order valence-corrected chi connectivity index (χ2v) is 5.51. The predicted octanol–water partition coefficient (Wildman–Crippen LogP) is 2.45. The number of hydrogen-bond donors (Lipinski definition) is 0. The third-order valence-corrected chi connectivity index (χ3v) is 4.26. The van der Waals surface area contributed by atoms with E-state index in [9.17, 15) is 9.59 Å². The number of ether oxygens (including phenoxy) is 2. The van der Waals surface area contributed by atoms with Crippen LogP contribution in [0.1, 0.15) is 25.0 Å². The maximum absolute atomic E-state index is 12.1. The Bertz CT molecular complexity index is 903. The Morgan fingerprint density at radius 2 is 2.09 bits per heavy atom. The summed E-state index contributed by atoms with van der Waals surface area (Å²) >= 11 is 0. The number of carbonyl (C=O) groups is 1. The lowest BCUT2D eigenvalue weighted by atomic mass is 9.93. The van der Waals surface area contributed by atoms with Gasteiger partial charge in [-0.25, -0.2) is 9.59 Å². The Morgan fingerprint density at radius 3 is 2.86 bits per heavy atom. The molecule has 2 aromatic rings. The fourth-order valence-corrected chi connectivity index (χ4v) is 3.09. The Morgan fingerprint density at radius 1 is 1.27 bits per heavy atom. The number of aryl methyl sites for hydroxylation is 1. The minimum Gasteiger partial charge on any atom is -0.489 e. The largest absolute Gasteiger partial charge is 0.489 e. The molecule has 0 unspecified atom stereocenters. The summed E-state index contributed by atoms with van der Waals surface area (Å²) in [4.78, 5) is 23.9. The van der Waals surface area contributed by atoms with E-state index in [0.29, 0.717) is 34.5 Å². The van der Waals surface area contributed by atoms with Gasteiger partial charge < -0.3 is 13.9 Å². The standard InChI is InChI=1S/C17H14O5/c1-3-9-6-10-4-5-11-14(15(10)22-17(9)19)13-8(2)16(18)21-12(13)7-20-11/h4-6,12H,3,7H2,1-2H3/t12-/m0/s1. The van der Waals surface area contributed by atoms with E-state index in [1.54, 1.807) is 6.92 Å². The fourth-order valence-electron chi connectivity index (χ4n) is 3.09. The molecule has 0 radical (unpaired) electrons. The summed E-state index contributed by atoms with van der Waals surface area (Å²) in [6.45, 7) is 3.92. The molecule has 5 heteroatoms. The lowest BCUT2D eigenvalue weighted by Gasteiger charge is -2.24. The SMILES string of the molecule is CCc1cc2ccc3c(c2oc1=O)C1=C(C)C(=O)O[C@H]1CO3.